The van der Waals surface area contributed by atoms with E-state index in [9.17, 15) is 18.0 Å². The number of nitrogens with zero attached hydrogens (tertiary/aromatic N) is 6. The molecule has 3 N–H and O–H groups in total. The zero-order valence-corrected chi connectivity index (χ0v) is 21.4. The van der Waals surface area contributed by atoms with E-state index in [2.05, 4.69) is 52.8 Å². The first-order valence-electron chi connectivity index (χ1n) is 12.7. The zero-order valence-electron chi connectivity index (χ0n) is 21.4. The van der Waals surface area contributed by atoms with Crippen LogP contribution >= 0.6 is 0 Å². The van der Waals surface area contributed by atoms with Gasteiger partial charge in [0.15, 0.2) is 5.82 Å². The predicted octanol–water partition coefficient (Wildman–Crippen LogP) is 5.49. The number of H-pyrrole nitrogens is 1. The molecular weight excluding hydrogens is 527 g/mol. The number of rotatable bonds is 10. The number of halogens is 3. The molecule has 2 aromatic carbocycles. The van der Waals surface area contributed by atoms with Crippen molar-refractivity contribution in [3.8, 4) is 28.4 Å². The van der Waals surface area contributed by atoms with E-state index < -0.39 is 18.1 Å². The lowest BCUT2D eigenvalue weighted by atomic mass is 10.0. The van der Waals surface area contributed by atoms with Crippen molar-refractivity contribution >= 4 is 23.5 Å². The maximum Gasteiger partial charge on any atom is 0.573 e. The number of tetrazole rings is 1. The Morgan fingerprint density at radius 2 is 1.82 bits per heavy atom. The van der Waals surface area contributed by atoms with Crippen molar-refractivity contribution in [3.05, 3.63) is 54.6 Å². The molecule has 5 rings (SSSR count). The number of urea groups is 1. The number of alkyl halides is 3. The van der Waals surface area contributed by atoms with Gasteiger partial charge in [-0.25, -0.2) is 14.9 Å². The van der Waals surface area contributed by atoms with Crippen LogP contribution in [0, 0.1) is 5.92 Å². The van der Waals surface area contributed by atoms with Crippen LogP contribution in [-0.4, -0.2) is 56.1 Å². The van der Waals surface area contributed by atoms with Gasteiger partial charge >= 0.3 is 12.4 Å². The standard InChI is InChI=1S/C26H26F3N9O2/c1-2-13-38(15-16-7-8-16)24-31-21(19-5-3-4-6-20(19)23-34-36-37-35-23)14-22(32-24)33-25(39)30-17-9-11-18(12-10-17)40-26(27,28)29/h3-6,9-12,14,16H,2,7-8,13,15H2,1H3,(H,34,35,36,37)(H2,30,31,32,33,39). The molecule has 0 saturated heterocycles. The van der Waals surface area contributed by atoms with Crippen molar-refractivity contribution in [2.24, 2.45) is 5.92 Å². The molecule has 0 spiro atoms. The average Bonchev–Trinajstić information content (AvgIpc) is 3.57. The molecule has 1 aliphatic rings. The number of benzene rings is 2. The van der Waals surface area contributed by atoms with Gasteiger partial charge < -0.3 is 15.0 Å². The number of hydrogen-bond acceptors (Lipinski definition) is 8. The molecule has 208 valence electrons. The topological polar surface area (TPSA) is 134 Å². The Labute approximate surface area is 227 Å². The molecule has 0 unspecified atom stereocenters. The van der Waals surface area contributed by atoms with Crippen molar-refractivity contribution in [1.82, 2.24) is 30.6 Å². The lowest BCUT2D eigenvalue weighted by Crippen LogP contribution is -2.29. The Kier molecular flexibility index (Phi) is 7.75. The van der Waals surface area contributed by atoms with Crippen LogP contribution < -0.4 is 20.3 Å². The average molecular weight is 554 g/mol. The minimum absolute atomic E-state index is 0.247. The molecule has 0 atom stereocenters. The highest BCUT2D eigenvalue weighted by atomic mass is 19.4. The van der Waals surface area contributed by atoms with E-state index >= 15 is 0 Å². The molecule has 0 bridgehead atoms. The summed E-state index contributed by atoms with van der Waals surface area (Å²) in [6.07, 6.45) is -1.61. The first kappa shape index (κ1) is 26.8. The first-order valence-corrected chi connectivity index (χ1v) is 12.7. The van der Waals surface area contributed by atoms with Crippen LogP contribution in [0.25, 0.3) is 22.6 Å². The first-order chi connectivity index (χ1) is 19.3. The Balaban J connectivity index is 1.43. The van der Waals surface area contributed by atoms with Crippen LogP contribution in [0.2, 0.25) is 0 Å². The summed E-state index contributed by atoms with van der Waals surface area (Å²) in [6, 6.07) is 13.3. The quantitative estimate of drug-likeness (QED) is 0.235. The van der Waals surface area contributed by atoms with Crippen LogP contribution in [0.3, 0.4) is 0 Å². The van der Waals surface area contributed by atoms with Gasteiger partial charge in [0, 0.05) is 36.0 Å². The number of carbonyl (C=O) groups is 1. The number of nitrogens with one attached hydrogen (secondary N) is 3. The maximum atomic E-state index is 12.9. The van der Waals surface area contributed by atoms with E-state index in [1.54, 1.807) is 6.07 Å². The summed E-state index contributed by atoms with van der Waals surface area (Å²) in [5.41, 5.74) is 2.28. The minimum Gasteiger partial charge on any atom is -0.406 e. The summed E-state index contributed by atoms with van der Waals surface area (Å²) in [7, 11) is 0. The van der Waals surface area contributed by atoms with Crippen LogP contribution in [0.1, 0.15) is 26.2 Å². The van der Waals surface area contributed by atoms with Crippen LogP contribution in [0.5, 0.6) is 5.75 Å². The Hall–Kier alpha value is -4.75. The molecule has 1 aliphatic carbocycles. The molecule has 0 aliphatic heterocycles. The highest BCUT2D eigenvalue weighted by Gasteiger charge is 2.31. The number of anilines is 3. The molecule has 40 heavy (non-hydrogen) atoms. The van der Waals surface area contributed by atoms with Crippen LogP contribution in [-0.2, 0) is 0 Å². The lowest BCUT2D eigenvalue weighted by molar-refractivity contribution is -0.274. The van der Waals surface area contributed by atoms with E-state index in [-0.39, 0.29) is 11.5 Å². The molecule has 1 fully saturated rings. The monoisotopic (exact) mass is 553 g/mol. The zero-order chi connectivity index (χ0) is 28.1. The SMILES string of the molecule is CCCN(CC1CC1)c1nc(NC(=O)Nc2ccc(OC(F)(F)F)cc2)cc(-c2ccccc2-c2nnn[nH]2)n1. The highest BCUT2D eigenvalue weighted by molar-refractivity contribution is 5.99. The number of aromatic nitrogens is 6. The fourth-order valence-electron chi connectivity index (χ4n) is 4.14. The fourth-order valence-corrected chi connectivity index (χ4v) is 4.14. The maximum absolute atomic E-state index is 12.9. The third-order valence-electron chi connectivity index (χ3n) is 6.06. The summed E-state index contributed by atoms with van der Waals surface area (Å²) in [6.45, 7) is 3.63. The van der Waals surface area contributed by atoms with Crippen molar-refractivity contribution in [3.63, 3.8) is 0 Å². The second kappa shape index (κ2) is 11.6. The number of hydrogen-bond donors (Lipinski definition) is 3. The lowest BCUT2D eigenvalue weighted by Gasteiger charge is -2.23. The molecule has 2 amide bonds. The van der Waals surface area contributed by atoms with Gasteiger partial charge in [-0.05, 0) is 59.9 Å². The van der Waals surface area contributed by atoms with Gasteiger partial charge in [0.05, 0.1) is 5.69 Å². The summed E-state index contributed by atoms with van der Waals surface area (Å²) in [5.74, 6) is 1.37. The number of aromatic amines is 1. The molecule has 11 nitrogen and oxygen atoms in total. The minimum atomic E-state index is -4.80. The van der Waals surface area contributed by atoms with E-state index in [0.717, 1.165) is 55.6 Å². The van der Waals surface area contributed by atoms with Gasteiger partial charge in [-0.3, -0.25) is 5.32 Å². The van der Waals surface area contributed by atoms with E-state index in [4.69, 9.17) is 4.98 Å². The smallest absolute Gasteiger partial charge is 0.406 e. The predicted molar refractivity (Wildman–Crippen MR) is 142 cm³/mol. The second-order valence-electron chi connectivity index (χ2n) is 9.27. The third-order valence-corrected chi connectivity index (χ3v) is 6.06. The molecule has 14 heteroatoms. The van der Waals surface area contributed by atoms with Gasteiger partial charge in [-0.15, -0.1) is 18.3 Å². The third kappa shape index (κ3) is 7.01. The van der Waals surface area contributed by atoms with Gasteiger partial charge in [-0.2, -0.15) is 4.98 Å². The largest absolute Gasteiger partial charge is 0.573 e. The van der Waals surface area contributed by atoms with Gasteiger partial charge in [0.25, 0.3) is 0 Å². The molecule has 1 saturated carbocycles. The number of ether oxygens (including phenoxy) is 1. The second-order valence-corrected chi connectivity index (χ2v) is 9.27. The van der Waals surface area contributed by atoms with E-state index in [0.29, 0.717) is 23.4 Å². The number of carbonyl (C=O) groups excluding carboxylic acids is 1. The highest BCUT2D eigenvalue weighted by Crippen LogP contribution is 2.34. The van der Waals surface area contributed by atoms with Crippen molar-refractivity contribution in [2.75, 3.05) is 28.6 Å². The summed E-state index contributed by atoms with van der Waals surface area (Å²) >= 11 is 0. The fraction of sp³-hybridized carbons (Fsp3) is 0.308. The van der Waals surface area contributed by atoms with Crippen LogP contribution in [0.4, 0.5) is 35.4 Å². The summed E-state index contributed by atoms with van der Waals surface area (Å²) < 4.78 is 41.2. The Morgan fingerprint density at radius 3 is 2.48 bits per heavy atom. The van der Waals surface area contributed by atoms with Crippen molar-refractivity contribution in [2.45, 2.75) is 32.5 Å². The molecule has 2 heterocycles. The molecule has 0 radical (unpaired) electrons. The normalized spacial score (nSPS) is 13.1. The van der Waals surface area contributed by atoms with Crippen molar-refractivity contribution < 1.29 is 22.7 Å². The summed E-state index contributed by atoms with van der Waals surface area (Å²) in [4.78, 5) is 24.5. The Morgan fingerprint density at radius 1 is 1.07 bits per heavy atom. The van der Waals surface area contributed by atoms with Crippen LogP contribution in [0.15, 0.2) is 54.6 Å². The van der Waals surface area contributed by atoms with Crippen molar-refractivity contribution in [1.29, 1.82) is 0 Å². The molecule has 2 aromatic heterocycles. The molecule has 4 aromatic rings. The summed E-state index contributed by atoms with van der Waals surface area (Å²) in [5, 5.41) is 19.5. The molecular formula is C26H26F3N9O2. The number of amides is 2. The van der Waals surface area contributed by atoms with E-state index in [1.165, 1.54) is 12.1 Å². The van der Waals surface area contributed by atoms with Gasteiger partial charge in [0.2, 0.25) is 5.95 Å². The Bertz CT molecular complexity index is 1440. The van der Waals surface area contributed by atoms with Gasteiger partial charge in [-0.1, -0.05) is 31.2 Å². The van der Waals surface area contributed by atoms with E-state index in [1.807, 2.05) is 24.3 Å². The van der Waals surface area contributed by atoms with Gasteiger partial charge in [0.1, 0.15) is 11.6 Å².